The van der Waals surface area contributed by atoms with Crippen LogP contribution in [-0.4, -0.2) is 20.8 Å². The first-order valence-corrected chi connectivity index (χ1v) is 6.30. The van der Waals surface area contributed by atoms with Crippen LogP contribution >= 0.6 is 0 Å². The van der Waals surface area contributed by atoms with E-state index in [0.717, 1.165) is 18.5 Å². The fourth-order valence-electron chi connectivity index (χ4n) is 1.76. The van der Waals surface area contributed by atoms with Gasteiger partial charge < -0.3 is 4.90 Å². The highest BCUT2D eigenvalue weighted by molar-refractivity contribution is 7.90. The Balaban J connectivity index is 2.20. The average molecular weight is 222 g/mol. The predicted molar refractivity (Wildman–Crippen MR) is 57.6 cm³/mol. The third-order valence-corrected chi connectivity index (χ3v) is 3.94. The van der Waals surface area contributed by atoms with Gasteiger partial charge in [-0.15, -0.1) is 4.40 Å². The van der Waals surface area contributed by atoms with Crippen molar-refractivity contribution in [3.63, 3.8) is 0 Å². The summed E-state index contributed by atoms with van der Waals surface area (Å²) in [5, 5.41) is 0. The topological polar surface area (TPSA) is 49.7 Å². The van der Waals surface area contributed by atoms with E-state index < -0.39 is 10.0 Å². The number of hydrogen-bond donors (Lipinski definition) is 0. The maximum Gasteiger partial charge on any atom is 0.285 e. The number of nitrogens with zero attached hydrogens (tertiary/aromatic N) is 2. The highest BCUT2D eigenvalue weighted by Crippen LogP contribution is 2.36. The van der Waals surface area contributed by atoms with Crippen molar-refractivity contribution in [3.05, 3.63) is 24.3 Å². The summed E-state index contributed by atoms with van der Waals surface area (Å²) in [5.41, 5.74) is 0.759. The Morgan fingerprint density at radius 3 is 2.73 bits per heavy atom. The van der Waals surface area contributed by atoms with Gasteiger partial charge in [0.25, 0.3) is 10.0 Å². The van der Waals surface area contributed by atoms with Crippen molar-refractivity contribution in [2.45, 2.75) is 23.8 Å². The first-order chi connectivity index (χ1) is 7.18. The molecule has 0 saturated heterocycles. The Morgan fingerprint density at radius 2 is 2.00 bits per heavy atom. The third kappa shape index (κ3) is 1.34. The molecule has 2 aliphatic rings. The van der Waals surface area contributed by atoms with Crippen LogP contribution < -0.4 is 4.90 Å². The summed E-state index contributed by atoms with van der Waals surface area (Å²) in [5.74, 6) is 0. The zero-order chi connectivity index (χ0) is 10.5. The number of sulfonamides is 1. The molecule has 0 radical (unpaired) electrons. The van der Waals surface area contributed by atoms with Gasteiger partial charge in [-0.25, -0.2) is 0 Å². The third-order valence-electron chi connectivity index (χ3n) is 2.67. The fourth-order valence-corrected chi connectivity index (χ4v) is 2.79. The second-order valence-electron chi connectivity index (χ2n) is 3.80. The minimum atomic E-state index is -3.45. The maximum atomic E-state index is 11.6. The van der Waals surface area contributed by atoms with Crippen molar-refractivity contribution in [3.8, 4) is 0 Å². The standard InChI is InChI=1S/C10H10N2O2S/c13-15(14)10-4-2-1-3-9(10)12(7-11-15)8-5-6-8/h1-4,7-8H,5-6H2. The number of para-hydroxylation sites is 1. The van der Waals surface area contributed by atoms with E-state index in [9.17, 15) is 8.42 Å². The van der Waals surface area contributed by atoms with Crippen LogP contribution in [0.15, 0.2) is 33.6 Å². The maximum absolute atomic E-state index is 11.6. The van der Waals surface area contributed by atoms with E-state index in [1.807, 2.05) is 17.0 Å². The van der Waals surface area contributed by atoms with Crippen LogP contribution in [0.4, 0.5) is 5.69 Å². The van der Waals surface area contributed by atoms with Gasteiger partial charge in [-0.05, 0) is 25.0 Å². The Morgan fingerprint density at radius 1 is 1.27 bits per heavy atom. The lowest BCUT2D eigenvalue weighted by Crippen LogP contribution is -2.29. The van der Waals surface area contributed by atoms with Crippen LogP contribution in [0.1, 0.15) is 12.8 Å². The molecule has 0 N–H and O–H groups in total. The summed E-state index contributed by atoms with van der Waals surface area (Å²) in [6, 6.07) is 7.45. The summed E-state index contributed by atoms with van der Waals surface area (Å²) in [6.45, 7) is 0. The lowest BCUT2D eigenvalue weighted by atomic mass is 10.3. The van der Waals surface area contributed by atoms with Gasteiger partial charge in [0.05, 0.1) is 5.69 Å². The summed E-state index contributed by atoms with van der Waals surface area (Å²) in [4.78, 5) is 2.27. The molecule has 1 aromatic rings. The molecule has 1 fully saturated rings. The molecule has 5 heteroatoms. The predicted octanol–water partition coefficient (Wildman–Crippen LogP) is 1.39. The van der Waals surface area contributed by atoms with Crippen molar-refractivity contribution >= 4 is 22.0 Å². The Labute approximate surface area is 88.3 Å². The monoisotopic (exact) mass is 222 g/mol. The van der Waals surface area contributed by atoms with Crippen LogP contribution in [0.3, 0.4) is 0 Å². The van der Waals surface area contributed by atoms with Crippen LogP contribution in [-0.2, 0) is 10.0 Å². The second-order valence-corrected chi connectivity index (χ2v) is 5.40. The van der Waals surface area contributed by atoms with Crippen LogP contribution in [0.2, 0.25) is 0 Å². The van der Waals surface area contributed by atoms with E-state index in [4.69, 9.17) is 0 Å². The Hall–Kier alpha value is -1.36. The molecule has 15 heavy (non-hydrogen) atoms. The van der Waals surface area contributed by atoms with E-state index in [1.165, 1.54) is 6.34 Å². The molecule has 0 bridgehead atoms. The normalized spacial score (nSPS) is 22.5. The number of anilines is 1. The fraction of sp³-hybridized carbons (Fsp3) is 0.300. The molecule has 0 unspecified atom stereocenters. The lowest BCUT2D eigenvalue weighted by molar-refractivity contribution is 0.597. The van der Waals surface area contributed by atoms with Crippen molar-refractivity contribution in [1.82, 2.24) is 0 Å². The zero-order valence-corrected chi connectivity index (χ0v) is 8.81. The first kappa shape index (κ1) is 8.91. The number of rotatable bonds is 1. The van der Waals surface area contributed by atoms with Gasteiger partial charge in [-0.3, -0.25) is 0 Å². The molecule has 4 nitrogen and oxygen atoms in total. The highest BCUT2D eigenvalue weighted by Gasteiger charge is 2.34. The van der Waals surface area contributed by atoms with Gasteiger partial charge in [0.1, 0.15) is 11.2 Å². The molecule has 1 heterocycles. The molecule has 1 aliphatic carbocycles. The molecular weight excluding hydrogens is 212 g/mol. The lowest BCUT2D eigenvalue weighted by Gasteiger charge is -2.24. The molecule has 3 rings (SSSR count). The SMILES string of the molecule is O=S1(=O)N=CN(C2CC2)c2ccccc21. The van der Waals surface area contributed by atoms with E-state index >= 15 is 0 Å². The Kier molecular flexibility index (Phi) is 1.68. The van der Waals surface area contributed by atoms with Crippen LogP contribution in [0.25, 0.3) is 0 Å². The van der Waals surface area contributed by atoms with Gasteiger partial charge >= 0.3 is 0 Å². The summed E-state index contributed by atoms with van der Waals surface area (Å²) in [6.07, 6.45) is 3.66. The van der Waals surface area contributed by atoms with E-state index in [-0.39, 0.29) is 0 Å². The highest BCUT2D eigenvalue weighted by atomic mass is 32.2. The summed E-state index contributed by atoms with van der Waals surface area (Å²) in [7, 11) is -3.45. The van der Waals surface area contributed by atoms with E-state index in [2.05, 4.69) is 4.40 Å². The van der Waals surface area contributed by atoms with Gasteiger partial charge in [0.2, 0.25) is 0 Å². The number of hydrogen-bond acceptors (Lipinski definition) is 3. The molecule has 78 valence electrons. The Bertz CT molecular complexity index is 532. The van der Waals surface area contributed by atoms with E-state index in [0.29, 0.717) is 10.9 Å². The minimum absolute atomic E-state index is 0.319. The van der Waals surface area contributed by atoms with Gasteiger partial charge in [0.15, 0.2) is 0 Å². The smallest absolute Gasteiger partial charge is 0.285 e. The molecular formula is C10H10N2O2S. The van der Waals surface area contributed by atoms with Gasteiger partial charge in [0, 0.05) is 6.04 Å². The molecule has 1 saturated carbocycles. The van der Waals surface area contributed by atoms with Crippen molar-refractivity contribution < 1.29 is 8.42 Å². The van der Waals surface area contributed by atoms with Crippen LogP contribution in [0.5, 0.6) is 0 Å². The van der Waals surface area contributed by atoms with Crippen molar-refractivity contribution in [2.24, 2.45) is 4.40 Å². The molecule has 1 aliphatic heterocycles. The average Bonchev–Trinajstić information content (AvgIpc) is 3.02. The molecule has 0 spiro atoms. The second kappa shape index (κ2) is 2.82. The van der Waals surface area contributed by atoms with Crippen molar-refractivity contribution in [2.75, 3.05) is 4.90 Å². The molecule has 0 aromatic heterocycles. The number of benzene rings is 1. The minimum Gasteiger partial charge on any atom is -0.327 e. The number of fused-ring (bicyclic) bond motifs is 1. The summed E-state index contributed by atoms with van der Waals surface area (Å²) >= 11 is 0. The molecule has 1 aromatic carbocycles. The van der Waals surface area contributed by atoms with Gasteiger partial charge in [-0.1, -0.05) is 12.1 Å². The van der Waals surface area contributed by atoms with Gasteiger partial charge in [-0.2, -0.15) is 8.42 Å². The van der Waals surface area contributed by atoms with E-state index in [1.54, 1.807) is 12.1 Å². The summed E-state index contributed by atoms with van der Waals surface area (Å²) < 4.78 is 26.9. The first-order valence-electron chi connectivity index (χ1n) is 4.86. The quantitative estimate of drug-likeness (QED) is 0.721. The zero-order valence-electron chi connectivity index (χ0n) is 8.00. The largest absolute Gasteiger partial charge is 0.327 e. The van der Waals surface area contributed by atoms with Crippen LogP contribution in [0, 0.1) is 0 Å². The van der Waals surface area contributed by atoms with Crippen molar-refractivity contribution in [1.29, 1.82) is 0 Å². The molecule has 0 atom stereocenters. The molecule has 0 amide bonds.